The van der Waals surface area contributed by atoms with Crippen LogP contribution in [0.3, 0.4) is 0 Å². The second-order valence-corrected chi connectivity index (χ2v) is 6.60. The second-order valence-electron chi connectivity index (χ2n) is 6.60. The van der Waals surface area contributed by atoms with Gasteiger partial charge in [-0.1, -0.05) is 12.1 Å². The predicted molar refractivity (Wildman–Crippen MR) is 121 cm³/mol. The van der Waals surface area contributed by atoms with Crippen LogP contribution in [0.1, 0.15) is 26.2 Å². The zero-order valence-electron chi connectivity index (χ0n) is 16.6. The lowest BCUT2D eigenvalue weighted by atomic mass is 10.1. The molecule has 1 saturated heterocycles. The molecule has 1 aliphatic rings. The Labute approximate surface area is 183 Å². The summed E-state index contributed by atoms with van der Waals surface area (Å²) in [6, 6.07) is 6.93. The van der Waals surface area contributed by atoms with E-state index in [1.807, 2.05) is 18.0 Å². The zero-order chi connectivity index (χ0) is 19.6. The van der Waals surface area contributed by atoms with Crippen LogP contribution in [0.4, 0.5) is 14.9 Å². The Morgan fingerprint density at radius 3 is 2.71 bits per heavy atom. The first-order valence-corrected chi connectivity index (χ1v) is 9.45. The maximum Gasteiger partial charge on any atom is 0.409 e. The van der Waals surface area contributed by atoms with Gasteiger partial charge >= 0.3 is 6.09 Å². The molecule has 1 amide bonds. The summed E-state index contributed by atoms with van der Waals surface area (Å²) in [5.74, 6) is 0.192. The summed E-state index contributed by atoms with van der Waals surface area (Å²) in [6.45, 7) is 4.75. The van der Waals surface area contributed by atoms with Crippen LogP contribution in [0.2, 0.25) is 0 Å². The highest BCUT2D eigenvalue weighted by atomic mass is 127. The number of aliphatic imine (C=N–C) groups is 1. The van der Waals surface area contributed by atoms with E-state index < -0.39 is 0 Å². The van der Waals surface area contributed by atoms with E-state index in [9.17, 15) is 9.18 Å². The number of halogens is 2. The topological polar surface area (TPSA) is 83.2 Å². The average molecular weight is 507 g/mol. The quantitative estimate of drug-likeness (QED) is 0.257. The van der Waals surface area contributed by atoms with Gasteiger partial charge in [-0.25, -0.2) is 9.18 Å². The van der Waals surface area contributed by atoms with Crippen molar-refractivity contribution in [2.24, 2.45) is 10.7 Å². The lowest BCUT2D eigenvalue weighted by molar-refractivity contribution is 0.0963. The highest BCUT2D eigenvalue weighted by Crippen LogP contribution is 2.17. The molecule has 1 aromatic carbocycles. The molecule has 158 valence electrons. The van der Waals surface area contributed by atoms with Gasteiger partial charge in [-0.2, -0.15) is 0 Å². The molecule has 1 aromatic rings. The van der Waals surface area contributed by atoms with Gasteiger partial charge in [0.1, 0.15) is 5.82 Å². The van der Waals surface area contributed by atoms with E-state index in [-0.39, 0.29) is 41.9 Å². The molecule has 2 rings (SSSR count). The molecule has 1 aliphatic heterocycles. The zero-order valence-corrected chi connectivity index (χ0v) is 18.9. The van der Waals surface area contributed by atoms with Crippen molar-refractivity contribution in [3.63, 3.8) is 0 Å². The van der Waals surface area contributed by atoms with Crippen LogP contribution in [0.15, 0.2) is 29.3 Å². The third kappa shape index (κ3) is 7.69. The van der Waals surface area contributed by atoms with Crippen molar-refractivity contribution in [2.75, 3.05) is 44.7 Å². The Morgan fingerprint density at radius 1 is 1.39 bits per heavy atom. The second kappa shape index (κ2) is 12.6. The lowest BCUT2D eigenvalue weighted by Crippen LogP contribution is -2.48. The van der Waals surface area contributed by atoms with Gasteiger partial charge < -0.3 is 25.6 Å². The number of likely N-dealkylation sites (tertiary alicyclic amines) is 1. The van der Waals surface area contributed by atoms with E-state index in [0.29, 0.717) is 44.4 Å². The minimum atomic E-state index is -0.253. The molecule has 0 bridgehead atoms. The molecule has 0 aliphatic carbocycles. The lowest BCUT2D eigenvalue weighted by Gasteiger charge is -2.31. The van der Waals surface area contributed by atoms with Gasteiger partial charge in [0.05, 0.1) is 12.3 Å². The number of nitrogens with zero attached hydrogens (tertiary/aromatic N) is 3. The van der Waals surface area contributed by atoms with Gasteiger partial charge in [-0.15, -0.1) is 24.0 Å². The summed E-state index contributed by atoms with van der Waals surface area (Å²) >= 11 is 0. The largest absolute Gasteiger partial charge is 0.450 e. The number of carbonyl (C=O) groups is 1. The minimum absolute atomic E-state index is 0. The number of nitrogens with one attached hydrogen (secondary N) is 1. The third-order valence-electron chi connectivity index (χ3n) is 4.57. The van der Waals surface area contributed by atoms with Crippen molar-refractivity contribution in [1.82, 2.24) is 10.2 Å². The molecule has 0 atom stereocenters. The first kappa shape index (κ1) is 24.3. The number of ether oxygens (including phenoxy) is 1. The standard InChI is InChI=1S/C19H30FN5O2.HI/c1-3-27-19(26)25-13-9-15(10-14-25)23-18(21)22-11-6-12-24(2)17-8-5-4-7-16(17)20;/h4-5,7-8,15H,3,6,9-14H2,1-2H3,(H3,21,22,23);1H. The van der Waals surface area contributed by atoms with Crippen LogP contribution < -0.4 is 16.0 Å². The number of hydrogen-bond donors (Lipinski definition) is 2. The number of carbonyl (C=O) groups excluding carboxylic acids is 1. The van der Waals surface area contributed by atoms with E-state index >= 15 is 0 Å². The van der Waals surface area contributed by atoms with Crippen molar-refractivity contribution < 1.29 is 13.9 Å². The van der Waals surface area contributed by atoms with Crippen LogP contribution >= 0.6 is 24.0 Å². The van der Waals surface area contributed by atoms with Gasteiger partial charge in [0, 0.05) is 39.3 Å². The number of benzene rings is 1. The van der Waals surface area contributed by atoms with Crippen LogP contribution in [-0.2, 0) is 4.74 Å². The van der Waals surface area contributed by atoms with Crippen LogP contribution in [0.5, 0.6) is 0 Å². The SMILES string of the molecule is CCOC(=O)N1CCC(NC(N)=NCCCN(C)c2ccccc2F)CC1.I. The van der Waals surface area contributed by atoms with E-state index in [0.717, 1.165) is 19.3 Å². The molecule has 0 saturated carbocycles. The first-order chi connectivity index (χ1) is 13.0. The molecule has 9 heteroatoms. The van der Waals surface area contributed by atoms with E-state index in [2.05, 4.69) is 10.3 Å². The van der Waals surface area contributed by atoms with E-state index in [1.54, 1.807) is 24.0 Å². The van der Waals surface area contributed by atoms with Gasteiger partial charge in [-0.3, -0.25) is 4.99 Å². The number of anilines is 1. The van der Waals surface area contributed by atoms with Crippen LogP contribution in [0.25, 0.3) is 0 Å². The molecule has 28 heavy (non-hydrogen) atoms. The third-order valence-corrected chi connectivity index (χ3v) is 4.57. The fraction of sp³-hybridized carbons (Fsp3) is 0.579. The molecular weight excluding hydrogens is 476 g/mol. The van der Waals surface area contributed by atoms with Crippen molar-refractivity contribution >= 4 is 41.7 Å². The summed E-state index contributed by atoms with van der Waals surface area (Å²) in [4.78, 5) is 19.6. The summed E-state index contributed by atoms with van der Waals surface area (Å²) in [7, 11) is 1.86. The molecule has 0 unspecified atom stereocenters. The monoisotopic (exact) mass is 507 g/mol. The number of para-hydroxylation sites is 1. The van der Waals surface area contributed by atoms with Crippen molar-refractivity contribution in [3.8, 4) is 0 Å². The molecule has 0 radical (unpaired) electrons. The number of amides is 1. The maximum absolute atomic E-state index is 13.7. The molecule has 0 spiro atoms. The van der Waals surface area contributed by atoms with Crippen molar-refractivity contribution in [2.45, 2.75) is 32.2 Å². The molecule has 1 heterocycles. The fourth-order valence-corrected chi connectivity index (χ4v) is 3.07. The summed E-state index contributed by atoms with van der Waals surface area (Å²) in [5, 5.41) is 3.21. The number of rotatable bonds is 7. The van der Waals surface area contributed by atoms with E-state index in [1.165, 1.54) is 6.07 Å². The molecule has 7 nitrogen and oxygen atoms in total. The predicted octanol–water partition coefficient (Wildman–Crippen LogP) is 2.80. The summed E-state index contributed by atoms with van der Waals surface area (Å²) in [5.41, 5.74) is 6.54. The van der Waals surface area contributed by atoms with Gasteiger partial charge in [-0.05, 0) is 38.3 Å². The number of guanidine groups is 1. The van der Waals surface area contributed by atoms with Gasteiger partial charge in [0.2, 0.25) is 0 Å². The Morgan fingerprint density at radius 2 is 2.07 bits per heavy atom. The van der Waals surface area contributed by atoms with Gasteiger partial charge in [0.15, 0.2) is 5.96 Å². The summed E-state index contributed by atoms with van der Waals surface area (Å²) in [6.07, 6.45) is 2.14. The van der Waals surface area contributed by atoms with Crippen molar-refractivity contribution in [1.29, 1.82) is 0 Å². The fourth-order valence-electron chi connectivity index (χ4n) is 3.07. The molecule has 3 N–H and O–H groups in total. The Balaban J connectivity index is 0.00000392. The Hall–Kier alpha value is -1.78. The highest BCUT2D eigenvalue weighted by molar-refractivity contribution is 14.0. The Kier molecular flexibility index (Phi) is 10.9. The first-order valence-electron chi connectivity index (χ1n) is 9.45. The Bertz CT molecular complexity index is 639. The van der Waals surface area contributed by atoms with Crippen molar-refractivity contribution in [3.05, 3.63) is 30.1 Å². The summed E-state index contributed by atoms with van der Waals surface area (Å²) < 4.78 is 18.7. The van der Waals surface area contributed by atoms with Crippen LogP contribution in [-0.4, -0.2) is 62.8 Å². The number of piperidine rings is 1. The number of nitrogens with two attached hydrogens (primary N) is 1. The normalized spacial score (nSPS) is 15.0. The molecular formula is C19H31FIN5O2. The van der Waals surface area contributed by atoms with Crippen LogP contribution in [0, 0.1) is 5.82 Å². The molecule has 0 aromatic heterocycles. The minimum Gasteiger partial charge on any atom is -0.450 e. The average Bonchev–Trinajstić information content (AvgIpc) is 2.66. The molecule has 1 fully saturated rings. The maximum atomic E-state index is 13.7. The highest BCUT2D eigenvalue weighted by Gasteiger charge is 2.23. The van der Waals surface area contributed by atoms with E-state index in [4.69, 9.17) is 10.5 Å². The van der Waals surface area contributed by atoms with Gasteiger partial charge in [0.25, 0.3) is 0 Å². The smallest absolute Gasteiger partial charge is 0.409 e. The number of hydrogen-bond acceptors (Lipinski definition) is 4.